The first-order chi connectivity index (χ1) is 18.0. The van der Waals surface area contributed by atoms with Gasteiger partial charge in [0, 0.05) is 57.5 Å². The predicted octanol–water partition coefficient (Wildman–Crippen LogP) is 2.39. The lowest BCUT2D eigenvalue weighted by molar-refractivity contribution is -0.141. The fourth-order valence-corrected chi connectivity index (χ4v) is 5.32. The van der Waals surface area contributed by atoms with E-state index in [0.717, 1.165) is 10.9 Å². The molecule has 3 amide bonds. The number of ether oxygens (including phenoxy) is 1. The molecule has 2 aliphatic rings. The highest BCUT2D eigenvalue weighted by Crippen LogP contribution is 2.38. The normalized spacial score (nSPS) is 19.7. The summed E-state index contributed by atoms with van der Waals surface area (Å²) < 4.78 is 34.7. The molecule has 208 valence electrons. The number of methoxy groups -OCH3 is 1. The van der Waals surface area contributed by atoms with Crippen molar-refractivity contribution in [2.24, 2.45) is 13.0 Å². The summed E-state index contributed by atoms with van der Waals surface area (Å²) in [4.78, 5) is 42.9. The Labute approximate surface area is 221 Å². The Hall–Kier alpha value is -3.21. The van der Waals surface area contributed by atoms with Crippen molar-refractivity contribution >= 4 is 28.6 Å². The molecule has 2 fully saturated rings. The fraction of sp³-hybridized carbons (Fsp3) is 0.593. The Kier molecular flexibility index (Phi) is 8.25. The molecule has 1 aliphatic heterocycles. The summed E-state index contributed by atoms with van der Waals surface area (Å²) in [5, 5.41) is 6.60. The van der Waals surface area contributed by atoms with Gasteiger partial charge in [-0.3, -0.25) is 14.4 Å². The molecule has 11 heteroatoms. The van der Waals surface area contributed by atoms with Gasteiger partial charge in [0.15, 0.2) is 0 Å². The number of piperazine rings is 1. The maximum absolute atomic E-state index is 13.8. The summed E-state index contributed by atoms with van der Waals surface area (Å²) >= 11 is 0. The van der Waals surface area contributed by atoms with Gasteiger partial charge in [0.2, 0.25) is 17.7 Å². The van der Waals surface area contributed by atoms with Crippen LogP contribution >= 0.6 is 0 Å². The number of amides is 3. The summed E-state index contributed by atoms with van der Waals surface area (Å²) in [6.45, 7) is 2.97. The largest absolute Gasteiger partial charge is 0.497 e. The predicted molar refractivity (Wildman–Crippen MR) is 139 cm³/mol. The van der Waals surface area contributed by atoms with Crippen LogP contribution in [0.2, 0.25) is 0 Å². The molecule has 38 heavy (non-hydrogen) atoms. The van der Waals surface area contributed by atoms with Gasteiger partial charge in [0.1, 0.15) is 17.5 Å². The van der Waals surface area contributed by atoms with Crippen molar-refractivity contribution in [2.45, 2.75) is 50.6 Å². The number of rotatable bonds is 7. The lowest BCUT2D eigenvalue weighted by Crippen LogP contribution is -2.59. The smallest absolute Gasteiger partial charge is 0.270 e. The van der Waals surface area contributed by atoms with Gasteiger partial charge in [-0.25, -0.2) is 8.78 Å². The van der Waals surface area contributed by atoms with Gasteiger partial charge in [-0.2, -0.15) is 0 Å². The summed E-state index contributed by atoms with van der Waals surface area (Å²) in [5.41, 5.74) is 1.43. The van der Waals surface area contributed by atoms with Crippen LogP contribution in [-0.2, 0) is 16.6 Å². The number of carbonyl (C=O) groups excluding carboxylic acids is 3. The Morgan fingerprint density at radius 3 is 2.29 bits per heavy atom. The quantitative estimate of drug-likeness (QED) is 0.570. The molecule has 1 unspecified atom stereocenters. The van der Waals surface area contributed by atoms with Crippen LogP contribution in [0.1, 0.15) is 43.1 Å². The van der Waals surface area contributed by atoms with Crippen molar-refractivity contribution in [3.05, 3.63) is 30.0 Å². The van der Waals surface area contributed by atoms with Gasteiger partial charge in [0.25, 0.3) is 5.91 Å². The average Bonchev–Trinajstić information content (AvgIpc) is 3.26. The van der Waals surface area contributed by atoms with Crippen LogP contribution in [-0.4, -0.2) is 90.4 Å². The molecular weight excluding hydrogens is 496 g/mol. The number of alkyl halides is 2. The average molecular weight is 534 g/mol. The Bertz CT molecular complexity index is 1180. The molecule has 0 spiro atoms. The van der Waals surface area contributed by atoms with Crippen molar-refractivity contribution in [3.63, 3.8) is 0 Å². The highest BCUT2D eigenvalue weighted by atomic mass is 19.3. The lowest BCUT2D eigenvalue weighted by atomic mass is 9.81. The third kappa shape index (κ3) is 5.77. The molecule has 2 aromatic rings. The maximum atomic E-state index is 13.8. The van der Waals surface area contributed by atoms with E-state index >= 15 is 0 Å². The number of aromatic nitrogens is 1. The molecular formula is C27H37F2N5O4. The van der Waals surface area contributed by atoms with E-state index in [4.69, 9.17) is 4.74 Å². The number of benzene rings is 1. The third-order valence-corrected chi connectivity index (χ3v) is 7.97. The van der Waals surface area contributed by atoms with E-state index in [1.807, 2.05) is 35.9 Å². The van der Waals surface area contributed by atoms with Crippen LogP contribution in [0.4, 0.5) is 8.78 Å². The minimum atomic E-state index is -2.73. The second-order valence-electron chi connectivity index (χ2n) is 10.3. The Morgan fingerprint density at radius 2 is 1.68 bits per heavy atom. The number of hydrogen-bond acceptors (Lipinski definition) is 5. The topological polar surface area (TPSA) is 95.9 Å². The number of carbonyl (C=O) groups is 3. The number of likely N-dealkylation sites (N-methyl/N-ethyl adjacent to an activating group) is 1. The molecule has 2 atom stereocenters. The van der Waals surface area contributed by atoms with Crippen molar-refractivity contribution in [1.29, 1.82) is 0 Å². The maximum Gasteiger partial charge on any atom is 0.270 e. The van der Waals surface area contributed by atoms with Gasteiger partial charge in [-0.15, -0.1) is 0 Å². The first-order valence-corrected chi connectivity index (χ1v) is 13.1. The number of fused-ring (bicyclic) bond motifs is 1. The molecule has 0 bridgehead atoms. The van der Waals surface area contributed by atoms with Gasteiger partial charge < -0.3 is 29.7 Å². The molecule has 4 rings (SSSR count). The van der Waals surface area contributed by atoms with E-state index in [2.05, 4.69) is 10.6 Å². The summed E-state index contributed by atoms with van der Waals surface area (Å²) in [6, 6.07) is 6.10. The highest BCUT2D eigenvalue weighted by Gasteiger charge is 2.42. The standard InChI is InChI=1S/C27H37F2N5O4/c1-17(30-2)24(35)31-23(18-7-9-27(28,29)10-8-18)26(37)34-13-11-33(12-14-34)25(36)22-15-19-5-6-20(38-4)16-21(19)32(22)3/h5-6,15-18,23,30H,7-14H2,1-4H3,(H,31,35)/t17-,23?/m0/s1. The SMILES string of the molecule is CN[C@@H](C)C(=O)NC(C(=O)N1CCN(C(=O)c2cc3ccc(OC)cc3n2C)CC1)C1CCC(F)(F)CC1. The minimum absolute atomic E-state index is 0.128. The molecule has 1 aromatic carbocycles. The zero-order valence-corrected chi connectivity index (χ0v) is 22.4. The Balaban J connectivity index is 1.44. The fourth-order valence-electron chi connectivity index (χ4n) is 5.32. The molecule has 1 aromatic heterocycles. The summed E-state index contributed by atoms with van der Waals surface area (Å²) in [6.07, 6.45) is -0.250. The van der Waals surface area contributed by atoms with Gasteiger partial charge >= 0.3 is 0 Å². The molecule has 2 heterocycles. The van der Waals surface area contributed by atoms with Crippen LogP contribution in [0.15, 0.2) is 24.3 Å². The van der Waals surface area contributed by atoms with E-state index in [9.17, 15) is 23.2 Å². The lowest BCUT2D eigenvalue weighted by Gasteiger charge is -2.39. The Morgan fingerprint density at radius 1 is 1.05 bits per heavy atom. The zero-order valence-electron chi connectivity index (χ0n) is 22.4. The van der Waals surface area contributed by atoms with Crippen LogP contribution in [0.25, 0.3) is 10.9 Å². The second-order valence-corrected chi connectivity index (χ2v) is 10.3. The van der Waals surface area contributed by atoms with Crippen molar-refractivity contribution in [1.82, 2.24) is 25.0 Å². The number of aryl methyl sites for hydroxylation is 1. The summed E-state index contributed by atoms with van der Waals surface area (Å²) in [7, 11) is 5.07. The first kappa shape index (κ1) is 27.8. The highest BCUT2D eigenvalue weighted by molar-refractivity contribution is 5.99. The van der Waals surface area contributed by atoms with E-state index in [1.54, 1.807) is 30.9 Å². The molecule has 0 radical (unpaired) electrons. The zero-order chi connectivity index (χ0) is 27.6. The van der Waals surface area contributed by atoms with Crippen LogP contribution in [0, 0.1) is 5.92 Å². The monoisotopic (exact) mass is 533 g/mol. The van der Waals surface area contributed by atoms with Crippen LogP contribution in [0.5, 0.6) is 5.75 Å². The van der Waals surface area contributed by atoms with Crippen LogP contribution in [0.3, 0.4) is 0 Å². The second kappa shape index (κ2) is 11.3. The van der Waals surface area contributed by atoms with Crippen molar-refractivity contribution < 1.29 is 27.9 Å². The summed E-state index contributed by atoms with van der Waals surface area (Å²) in [5.74, 6) is -3.13. The van der Waals surface area contributed by atoms with Crippen LogP contribution < -0.4 is 15.4 Å². The number of halogens is 2. The van der Waals surface area contributed by atoms with E-state index in [0.29, 0.717) is 37.6 Å². The van der Waals surface area contributed by atoms with E-state index in [1.165, 1.54) is 0 Å². The van der Waals surface area contributed by atoms with E-state index < -0.39 is 18.0 Å². The number of hydrogen-bond donors (Lipinski definition) is 2. The third-order valence-electron chi connectivity index (χ3n) is 7.97. The van der Waals surface area contributed by atoms with Gasteiger partial charge in [0.05, 0.1) is 18.7 Å². The molecule has 9 nitrogen and oxygen atoms in total. The number of nitrogens with one attached hydrogen (secondary N) is 2. The van der Waals surface area contributed by atoms with Gasteiger partial charge in [-0.05, 0) is 50.9 Å². The number of nitrogens with zero attached hydrogens (tertiary/aromatic N) is 3. The van der Waals surface area contributed by atoms with Crippen molar-refractivity contribution in [3.8, 4) is 5.75 Å². The molecule has 1 saturated heterocycles. The van der Waals surface area contributed by atoms with Crippen molar-refractivity contribution in [2.75, 3.05) is 40.3 Å². The first-order valence-electron chi connectivity index (χ1n) is 13.1. The van der Waals surface area contributed by atoms with Gasteiger partial charge in [-0.1, -0.05) is 0 Å². The molecule has 2 N–H and O–H groups in total. The van der Waals surface area contributed by atoms with E-state index in [-0.39, 0.29) is 49.3 Å². The molecule has 1 aliphatic carbocycles. The minimum Gasteiger partial charge on any atom is -0.497 e. The molecule has 1 saturated carbocycles.